The van der Waals surface area contributed by atoms with E-state index in [-0.39, 0.29) is 6.10 Å². The standard InChI is InChI=1S/C14H21NO2/c1-11(2)17-13-6-3-5-12(9-13)15-10-14-7-4-8-16-14/h3,5-6,9,11,14-15H,4,7-8,10H2,1-2H3. The van der Waals surface area contributed by atoms with Gasteiger partial charge in [0.05, 0.1) is 12.2 Å². The molecule has 0 radical (unpaired) electrons. The molecular weight excluding hydrogens is 214 g/mol. The van der Waals surface area contributed by atoms with Crippen molar-refractivity contribution in [2.45, 2.75) is 38.9 Å². The number of rotatable bonds is 5. The zero-order valence-corrected chi connectivity index (χ0v) is 10.6. The van der Waals surface area contributed by atoms with Gasteiger partial charge in [-0.15, -0.1) is 0 Å². The first-order valence-electron chi connectivity index (χ1n) is 6.36. The van der Waals surface area contributed by atoms with Crippen LogP contribution in [0.3, 0.4) is 0 Å². The van der Waals surface area contributed by atoms with E-state index in [0.717, 1.165) is 31.0 Å². The van der Waals surface area contributed by atoms with E-state index in [4.69, 9.17) is 9.47 Å². The smallest absolute Gasteiger partial charge is 0.121 e. The molecule has 0 aromatic heterocycles. The predicted molar refractivity (Wildman–Crippen MR) is 69.7 cm³/mol. The lowest BCUT2D eigenvalue weighted by atomic mass is 10.2. The van der Waals surface area contributed by atoms with Crippen LogP contribution in [-0.4, -0.2) is 25.4 Å². The molecule has 17 heavy (non-hydrogen) atoms. The fraction of sp³-hybridized carbons (Fsp3) is 0.571. The summed E-state index contributed by atoms with van der Waals surface area (Å²) in [6.07, 6.45) is 2.92. The minimum absolute atomic E-state index is 0.211. The third-order valence-corrected chi connectivity index (χ3v) is 2.76. The summed E-state index contributed by atoms with van der Waals surface area (Å²) in [5.41, 5.74) is 1.10. The Kier molecular flexibility index (Phi) is 4.26. The van der Waals surface area contributed by atoms with Crippen LogP contribution in [0.2, 0.25) is 0 Å². The van der Waals surface area contributed by atoms with Crippen molar-refractivity contribution in [1.29, 1.82) is 0 Å². The van der Waals surface area contributed by atoms with Crippen LogP contribution in [0.1, 0.15) is 26.7 Å². The second kappa shape index (κ2) is 5.92. The molecule has 1 aliphatic heterocycles. The molecule has 0 bridgehead atoms. The second-order valence-electron chi connectivity index (χ2n) is 4.71. The quantitative estimate of drug-likeness (QED) is 0.850. The van der Waals surface area contributed by atoms with Crippen molar-refractivity contribution in [2.75, 3.05) is 18.5 Å². The van der Waals surface area contributed by atoms with Crippen LogP contribution in [-0.2, 0) is 4.74 Å². The summed E-state index contributed by atoms with van der Waals surface area (Å²) in [4.78, 5) is 0. The molecule has 2 rings (SSSR count). The predicted octanol–water partition coefficient (Wildman–Crippen LogP) is 3.06. The maximum absolute atomic E-state index is 5.66. The molecule has 1 unspecified atom stereocenters. The number of ether oxygens (including phenoxy) is 2. The molecule has 0 saturated carbocycles. The van der Waals surface area contributed by atoms with Crippen LogP contribution in [0.25, 0.3) is 0 Å². The fourth-order valence-corrected chi connectivity index (χ4v) is 1.99. The Balaban J connectivity index is 1.86. The fourth-order valence-electron chi connectivity index (χ4n) is 1.99. The lowest BCUT2D eigenvalue weighted by molar-refractivity contribution is 0.120. The van der Waals surface area contributed by atoms with Gasteiger partial charge in [-0.1, -0.05) is 6.07 Å². The van der Waals surface area contributed by atoms with Crippen molar-refractivity contribution in [3.63, 3.8) is 0 Å². The molecule has 1 heterocycles. The van der Waals surface area contributed by atoms with Gasteiger partial charge in [0.25, 0.3) is 0 Å². The zero-order chi connectivity index (χ0) is 12.1. The number of benzene rings is 1. The Morgan fingerprint density at radius 1 is 1.47 bits per heavy atom. The van der Waals surface area contributed by atoms with E-state index >= 15 is 0 Å². The third-order valence-electron chi connectivity index (χ3n) is 2.76. The first-order valence-corrected chi connectivity index (χ1v) is 6.36. The molecule has 1 atom stereocenters. The second-order valence-corrected chi connectivity index (χ2v) is 4.71. The molecule has 1 aromatic rings. The van der Waals surface area contributed by atoms with Crippen LogP contribution < -0.4 is 10.1 Å². The normalized spacial score (nSPS) is 19.6. The molecule has 3 nitrogen and oxygen atoms in total. The summed E-state index contributed by atoms with van der Waals surface area (Å²) in [5, 5.41) is 3.40. The van der Waals surface area contributed by atoms with Gasteiger partial charge in [0.1, 0.15) is 5.75 Å². The third kappa shape index (κ3) is 3.93. The minimum Gasteiger partial charge on any atom is -0.491 e. The summed E-state index contributed by atoms with van der Waals surface area (Å²) in [5.74, 6) is 0.914. The molecule has 1 aromatic carbocycles. The van der Waals surface area contributed by atoms with Gasteiger partial charge in [-0.3, -0.25) is 0 Å². The van der Waals surface area contributed by atoms with E-state index in [1.54, 1.807) is 0 Å². The van der Waals surface area contributed by atoms with Crippen LogP contribution >= 0.6 is 0 Å². The average molecular weight is 235 g/mol. The average Bonchev–Trinajstić information content (AvgIpc) is 2.79. The molecule has 1 aliphatic rings. The van der Waals surface area contributed by atoms with Gasteiger partial charge in [0.2, 0.25) is 0 Å². The van der Waals surface area contributed by atoms with Gasteiger partial charge in [-0.05, 0) is 38.8 Å². The monoisotopic (exact) mass is 235 g/mol. The van der Waals surface area contributed by atoms with Crippen LogP contribution in [0.4, 0.5) is 5.69 Å². The van der Waals surface area contributed by atoms with Crippen LogP contribution in [0.15, 0.2) is 24.3 Å². The van der Waals surface area contributed by atoms with Gasteiger partial charge in [-0.25, -0.2) is 0 Å². The van der Waals surface area contributed by atoms with E-state index in [1.807, 2.05) is 32.0 Å². The van der Waals surface area contributed by atoms with Gasteiger partial charge in [0, 0.05) is 24.9 Å². The lowest BCUT2D eigenvalue weighted by Crippen LogP contribution is -2.18. The summed E-state index contributed by atoms with van der Waals surface area (Å²) in [6, 6.07) is 8.09. The Bertz CT molecular complexity index is 346. The summed E-state index contributed by atoms with van der Waals surface area (Å²) >= 11 is 0. The Labute approximate surface area is 103 Å². The highest BCUT2D eigenvalue weighted by atomic mass is 16.5. The SMILES string of the molecule is CC(C)Oc1cccc(NCC2CCCO2)c1. The van der Waals surface area contributed by atoms with Crippen molar-refractivity contribution in [1.82, 2.24) is 0 Å². The van der Waals surface area contributed by atoms with Crippen molar-refractivity contribution < 1.29 is 9.47 Å². The Morgan fingerprint density at radius 2 is 2.35 bits per heavy atom. The highest BCUT2D eigenvalue weighted by Crippen LogP contribution is 2.19. The van der Waals surface area contributed by atoms with Gasteiger partial charge in [0.15, 0.2) is 0 Å². The van der Waals surface area contributed by atoms with Crippen molar-refractivity contribution >= 4 is 5.69 Å². The van der Waals surface area contributed by atoms with E-state index in [2.05, 4.69) is 11.4 Å². The molecule has 0 aliphatic carbocycles. The van der Waals surface area contributed by atoms with Crippen molar-refractivity contribution in [2.24, 2.45) is 0 Å². The number of hydrogen-bond acceptors (Lipinski definition) is 3. The number of nitrogens with one attached hydrogen (secondary N) is 1. The molecule has 0 spiro atoms. The van der Waals surface area contributed by atoms with E-state index in [0.29, 0.717) is 6.10 Å². The van der Waals surface area contributed by atoms with Crippen LogP contribution in [0.5, 0.6) is 5.75 Å². The summed E-state index contributed by atoms with van der Waals surface area (Å²) in [7, 11) is 0. The number of hydrogen-bond donors (Lipinski definition) is 1. The first-order chi connectivity index (χ1) is 8.24. The van der Waals surface area contributed by atoms with Gasteiger partial charge in [-0.2, -0.15) is 0 Å². The largest absolute Gasteiger partial charge is 0.491 e. The topological polar surface area (TPSA) is 30.5 Å². The van der Waals surface area contributed by atoms with Gasteiger partial charge >= 0.3 is 0 Å². The number of anilines is 1. The Morgan fingerprint density at radius 3 is 3.06 bits per heavy atom. The van der Waals surface area contributed by atoms with Gasteiger partial charge < -0.3 is 14.8 Å². The molecule has 3 heteroatoms. The molecule has 0 amide bonds. The first kappa shape index (κ1) is 12.2. The van der Waals surface area contributed by atoms with Crippen LogP contribution in [0, 0.1) is 0 Å². The zero-order valence-electron chi connectivity index (χ0n) is 10.6. The Hall–Kier alpha value is -1.22. The molecular formula is C14H21NO2. The van der Waals surface area contributed by atoms with E-state index < -0.39 is 0 Å². The van der Waals surface area contributed by atoms with E-state index in [9.17, 15) is 0 Å². The maximum Gasteiger partial charge on any atom is 0.121 e. The maximum atomic E-state index is 5.66. The van der Waals surface area contributed by atoms with Crippen molar-refractivity contribution in [3.05, 3.63) is 24.3 Å². The highest BCUT2D eigenvalue weighted by Gasteiger charge is 2.14. The molecule has 94 valence electrons. The molecule has 1 N–H and O–H groups in total. The van der Waals surface area contributed by atoms with Crippen molar-refractivity contribution in [3.8, 4) is 5.75 Å². The van der Waals surface area contributed by atoms with E-state index in [1.165, 1.54) is 6.42 Å². The summed E-state index contributed by atoms with van der Waals surface area (Å²) in [6.45, 7) is 5.85. The lowest BCUT2D eigenvalue weighted by Gasteiger charge is -2.14. The molecule has 1 fully saturated rings. The minimum atomic E-state index is 0.211. The summed E-state index contributed by atoms with van der Waals surface area (Å²) < 4.78 is 11.2. The highest BCUT2D eigenvalue weighted by molar-refractivity contribution is 5.48. The molecule has 1 saturated heterocycles.